The minimum Gasteiger partial charge on any atom is -0.493 e. The fourth-order valence-electron chi connectivity index (χ4n) is 4.62. The summed E-state index contributed by atoms with van der Waals surface area (Å²) in [6.07, 6.45) is 9.73. The highest BCUT2D eigenvalue weighted by Gasteiger charge is 2.21. The third-order valence-electron chi connectivity index (χ3n) is 6.69. The Balaban J connectivity index is 1.54. The van der Waals surface area contributed by atoms with E-state index >= 15 is 0 Å². The van der Waals surface area contributed by atoms with Gasteiger partial charge in [0.25, 0.3) is 0 Å². The van der Waals surface area contributed by atoms with E-state index < -0.39 is 0 Å². The fraction of sp³-hybridized carbons (Fsp3) is 0.500. The molecule has 2 aromatic rings. The maximum atomic E-state index is 12.1. The molecule has 8 nitrogen and oxygen atoms in total. The number of likely N-dealkylation sites (tertiary alicyclic amines) is 1. The Bertz CT molecular complexity index is 1020. The number of anilines is 3. The number of halogens is 1. The van der Waals surface area contributed by atoms with E-state index in [1.165, 1.54) is 25.7 Å². The van der Waals surface area contributed by atoms with Crippen LogP contribution in [-0.2, 0) is 0 Å². The average molecular weight is 544 g/mol. The number of aromatic nitrogens is 2. The van der Waals surface area contributed by atoms with Crippen molar-refractivity contribution in [3.63, 3.8) is 0 Å². The third-order valence-corrected chi connectivity index (χ3v) is 7.29. The number of hydrogen-bond donors (Lipinski definition) is 3. The number of nitrogens with one attached hydrogen (secondary N) is 3. The van der Waals surface area contributed by atoms with Gasteiger partial charge >= 0.3 is 0 Å². The van der Waals surface area contributed by atoms with E-state index in [0.717, 1.165) is 50.3 Å². The van der Waals surface area contributed by atoms with Crippen LogP contribution in [0.2, 0.25) is 0 Å². The summed E-state index contributed by atoms with van der Waals surface area (Å²) in [5, 5.41) is 9.78. The Hall–Kier alpha value is -2.65. The summed E-state index contributed by atoms with van der Waals surface area (Å²) < 4.78 is 6.66. The molecule has 0 radical (unpaired) electrons. The van der Waals surface area contributed by atoms with Crippen LogP contribution in [0.4, 0.5) is 17.5 Å². The number of carbonyl (C=O) groups is 1. The Morgan fingerprint density at radius 1 is 1.14 bits per heavy atom. The van der Waals surface area contributed by atoms with Crippen LogP contribution >= 0.6 is 15.9 Å². The molecule has 1 aromatic carbocycles. The van der Waals surface area contributed by atoms with E-state index in [2.05, 4.69) is 53.8 Å². The maximum Gasteiger partial charge on any atom is 0.225 e. The van der Waals surface area contributed by atoms with Gasteiger partial charge in [0.15, 0.2) is 6.29 Å². The van der Waals surface area contributed by atoms with E-state index in [-0.39, 0.29) is 6.04 Å². The van der Waals surface area contributed by atoms with Crippen LogP contribution in [0.3, 0.4) is 0 Å². The van der Waals surface area contributed by atoms with Crippen molar-refractivity contribution in [1.29, 1.82) is 0 Å². The summed E-state index contributed by atoms with van der Waals surface area (Å²) in [7, 11) is 3.94. The van der Waals surface area contributed by atoms with Crippen molar-refractivity contribution in [2.75, 3.05) is 44.4 Å². The Morgan fingerprint density at radius 2 is 1.86 bits per heavy atom. The first kappa shape index (κ1) is 25.4. The highest BCUT2D eigenvalue weighted by Crippen LogP contribution is 2.30. The number of nitrogens with zero attached hydrogens (tertiary/aromatic N) is 3. The van der Waals surface area contributed by atoms with Crippen LogP contribution in [0.5, 0.6) is 5.75 Å². The number of carbonyl (C=O) groups excluding carboxylic acids is 1. The van der Waals surface area contributed by atoms with Crippen molar-refractivity contribution in [2.24, 2.45) is 5.92 Å². The summed E-state index contributed by atoms with van der Waals surface area (Å²) in [5.41, 5.74) is 1.74. The number of piperidine rings is 1. The van der Waals surface area contributed by atoms with Gasteiger partial charge in [0, 0.05) is 25.0 Å². The van der Waals surface area contributed by atoms with Crippen LogP contribution in [0.25, 0.3) is 4.48 Å². The van der Waals surface area contributed by atoms with Crippen molar-refractivity contribution in [1.82, 2.24) is 20.2 Å². The zero-order valence-electron chi connectivity index (χ0n) is 20.5. The van der Waals surface area contributed by atoms with Crippen molar-refractivity contribution in [3.05, 3.63) is 41.7 Å². The topological polar surface area (TPSA) is 91.4 Å². The molecular formula is C26H35BrN6O2. The molecule has 0 unspecified atom stereocenters. The summed E-state index contributed by atoms with van der Waals surface area (Å²) in [6, 6.07) is 8.09. The van der Waals surface area contributed by atoms with Crippen LogP contribution in [0, 0.1) is 5.92 Å². The molecule has 1 aromatic heterocycles. The lowest BCUT2D eigenvalue weighted by Crippen LogP contribution is -2.37. The van der Waals surface area contributed by atoms with Gasteiger partial charge in [-0.25, -0.2) is 4.98 Å². The zero-order valence-corrected chi connectivity index (χ0v) is 22.1. The molecule has 35 heavy (non-hydrogen) atoms. The molecule has 188 valence electrons. The zero-order chi connectivity index (χ0) is 24.6. The standard InChI is InChI=1S/C26H35BrN6O2/c1-28-15-23(27)24-22(16-34)25(32-26(31-24)30-20-11-13-33(2)14-12-20)29-19-7-9-21(10-8-19)35-17-18-5-3-4-6-18/h7-10,15-16,18,20,28H,3-6,11-14,17H2,1-2H3,(H2,29,30,31,32)/b23-15+. The molecule has 1 aliphatic heterocycles. The molecule has 2 aliphatic rings. The molecule has 2 fully saturated rings. The summed E-state index contributed by atoms with van der Waals surface area (Å²) in [4.78, 5) is 23.8. The fourth-order valence-corrected chi connectivity index (χ4v) is 5.15. The van der Waals surface area contributed by atoms with Crippen molar-refractivity contribution >= 4 is 44.2 Å². The molecule has 3 N–H and O–H groups in total. The lowest BCUT2D eigenvalue weighted by atomic mass is 10.1. The van der Waals surface area contributed by atoms with Crippen molar-refractivity contribution in [3.8, 4) is 5.75 Å². The SMILES string of the molecule is CN/C=C(/Br)c1nc(NC2CCN(C)CC2)nc(Nc2ccc(OCC3CCCC3)cc2)c1C=O. The van der Waals surface area contributed by atoms with Crippen LogP contribution < -0.4 is 20.7 Å². The molecule has 2 heterocycles. The quantitative estimate of drug-likeness (QED) is 0.360. The predicted octanol–water partition coefficient (Wildman–Crippen LogP) is 5.02. The second-order valence-electron chi connectivity index (χ2n) is 9.39. The van der Waals surface area contributed by atoms with Crippen LogP contribution in [-0.4, -0.2) is 61.0 Å². The molecule has 9 heteroatoms. The maximum absolute atomic E-state index is 12.1. The van der Waals surface area contributed by atoms with Gasteiger partial charge in [0.1, 0.15) is 11.6 Å². The van der Waals surface area contributed by atoms with Gasteiger partial charge in [-0.2, -0.15) is 4.98 Å². The lowest BCUT2D eigenvalue weighted by Gasteiger charge is -2.29. The molecular weight excluding hydrogens is 508 g/mol. The summed E-state index contributed by atoms with van der Waals surface area (Å²) >= 11 is 3.55. The van der Waals surface area contributed by atoms with Gasteiger partial charge in [-0.15, -0.1) is 0 Å². The van der Waals surface area contributed by atoms with Gasteiger partial charge in [0.05, 0.1) is 22.3 Å². The Kier molecular flexibility index (Phi) is 8.98. The first-order chi connectivity index (χ1) is 17.1. The van der Waals surface area contributed by atoms with E-state index in [4.69, 9.17) is 4.74 Å². The summed E-state index contributed by atoms with van der Waals surface area (Å²) in [5.74, 6) is 2.48. The highest BCUT2D eigenvalue weighted by molar-refractivity contribution is 9.15. The highest BCUT2D eigenvalue weighted by atomic mass is 79.9. The first-order valence-corrected chi connectivity index (χ1v) is 13.2. The Labute approximate surface area is 216 Å². The second-order valence-corrected chi connectivity index (χ2v) is 10.2. The van der Waals surface area contributed by atoms with Crippen LogP contribution in [0.1, 0.15) is 54.6 Å². The van der Waals surface area contributed by atoms with Crippen molar-refractivity contribution in [2.45, 2.75) is 44.6 Å². The van der Waals surface area contributed by atoms with Gasteiger partial charge in [0.2, 0.25) is 5.95 Å². The van der Waals surface area contributed by atoms with Gasteiger partial charge in [-0.3, -0.25) is 4.79 Å². The smallest absolute Gasteiger partial charge is 0.225 e. The molecule has 1 saturated carbocycles. The monoisotopic (exact) mass is 542 g/mol. The second kappa shape index (κ2) is 12.4. The minimum absolute atomic E-state index is 0.289. The van der Waals surface area contributed by atoms with Gasteiger partial charge in [-0.1, -0.05) is 12.8 Å². The van der Waals surface area contributed by atoms with Crippen molar-refractivity contribution < 1.29 is 9.53 Å². The van der Waals surface area contributed by atoms with Crippen LogP contribution in [0.15, 0.2) is 30.5 Å². The van der Waals surface area contributed by atoms with E-state index in [0.29, 0.717) is 33.4 Å². The first-order valence-electron chi connectivity index (χ1n) is 12.4. The van der Waals surface area contributed by atoms with E-state index in [1.54, 1.807) is 13.2 Å². The average Bonchev–Trinajstić information content (AvgIpc) is 3.39. The van der Waals surface area contributed by atoms with Gasteiger partial charge < -0.3 is 25.6 Å². The summed E-state index contributed by atoms with van der Waals surface area (Å²) in [6.45, 7) is 2.83. The number of hydrogen-bond acceptors (Lipinski definition) is 8. The normalized spacial score (nSPS) is 17.9. The number of benzene rings is 1. The molecule has 4 rings (SSSR count). The lowest BCUT2D eigenvalue weighted by molar-refractivity contribution is 0.112. The molecule has 1 saturated heterocycles. The number of rotatable bonds is 10. The minimum atomic E-state index is 0.289. The Morgan fingerprint density at radius 3 is 2.51 bits per heavy atom. The largest absolute Gasteiger partial charge is 0.493 e. The molecule has 1 aliphatic carbocycles. The molecule has 0 spiro atoms. The third kappa shape index (κ3) is 6.95. The predicted molar refractivity (Wildman–Crippen MR) is 145 cm³/mol. The molecule has 0 bridgehead atoms. The number of aldehydes is 1. The molecule has 0 amide bonds. The van der Waals surface area contributed by atoms with E-state index in [1.807, 2.05) is 24.3 Å². The molecule has 0 atom stereocenters. The van der Waals surface area contributed by atoms with Gasteiger partial charge in [-0.05, 0) is 91.9 Å². The van der Waals surface area contributed by atoms with E-state index in [9.17, 15) is 4.79 Å². The number of ether oxygens (including phenoxy) is 1.